The van der Waals surface area contributed by atoms with Gasteiger partial charge in [-0.1, -0.05) is 11.6 Å². The van der Waals surface area contributed by atoms with Gasteiger partial charge in [-0.25, -0.2) is 0 Å². The molecule has 1 rings (SSSR count). The van der Waals surface area contributed by atoms with Gasteiger partial charge in [-0.15, -0.1) is 0 Å². The number of hydrogen-bond acceptors (Lipinski definition) is 3. The molecule has 0 spiro atoms. The van der Waals surface area contributed by atoms with Crippen LogP contribution in [0.25, 0.3) is 0 Å². The molecule has 0 bridgehead atoms. The Morgan fingerprint density at radius 2 is 2.07 bits per heavy atom. The minimum Gasteiger partial charge on any atom is -0.493 e. The van der Waals surface area contributed by atoms with Crippen molar-refractivity contribution in [3.05, 3.63) is 22.2 Å². The fourth-order valence-electron chi connectivity index (χ4n) is 1.41. The van der Waals surface area contributed by atoms with Crippen LogP contribution in [0.2, 0.25) is 5.02 Å². The Morgan fingerprint density at radius 1 is 1.40 bits per heavy atom. The molecule has 80 valence electrons. The predicted octanol–water partition coefficient (Wildman–Crippen LogP) is 2.73. The van der Waals surface area contributed by atoms with Crippen molar-refractivity contribution in [3.63, 3.8) is 0 Å². The van der Waals surface area contributed by atoms with Crippen LogP contribution in [0.1, 0.15) is 11.1 Å². The average Bonchev–Trinajstić information content (AvgIpc) is 2.23. The molecular formula is C11H12ClNO2. The number of methoxy groups -OCH3 is 2. The van der Waals surface area contributed by atoms with Gasteiger partial charge in [-0.3, -0.25) is 0 Å². The van der Waals surface area contributed by atoms with Crippen LogP contribution in [0, 0.1) is 18.3 Å². The van der Waals surface area contributed by atoms with Gasteiger partial charge in [0.15, 0.2) is 11.5 Å². The Hall–Kier alpha value is -1.40. The molecule has 0 N–H and O–H groups in total. The van der Waals surface area contributed by atoms with Crippen molar-refractivity contribution in [1.82, 2.24) is 0 Å². The number of aryl methyl sites for hydroxylation is 1. The first kappa shape index (κ1) is 11.7. The number of nitrogens with zero attached hydrogens (tertiary/aromatic N) is 1. The molecule has 15 heavy (non-hydrogen) atoms. The maximum atomic E-state index is 8.68. The molecular weight excluding hydrogens is 214 g/mol. The molecule has 0 atom stereocenters. The van der Waals surface area contributed by atoms with Gasteiger partial charge in [0.25, 0.3) is 0 Å². The van der Waals surface area contributed by atoms with E-state index < -0.39 is 0 Å². The van der Waals surface area contributed by atoms with Crippen LogP contribution in [-0.2, 0) is 6.42 Å². The van der Waals surface area contributed by atoms with Crippen molar-refractivity contribution in [2.75, 3.05) is 14.2 Å². The summed E-state index contributed by atoms with van der Waals surface area (Å²) in [6.07, 6.45) is 0.269. The summed E-state index contributed by atoms with van der Waals surface area (Å²) in [6.45, 7) is 1.89. The highest BCUT2D eigenvalue weighted by molar-refractivity contribution is 6.33. The lowest BCUT2D eigenvalue weighted by atomic mass is 10.1. The maximum absolute atomic E-state index is 8.68. The summed E-state index contributed by atoms with van der Waals surface area (Å²) in [5.41, 5.74) is 1.72. The Kier molecular flexibility index (Phi) is 3.81. The summed E-state index contributed by atoms with van der Waals surface area (Å²) in [5, 5.41) is 9.13. The van der Waals surface area contributed by atoms with Gasteiger partial charge in [-0.05, 0) is 24.1 Å². The van der Waals surface area contributed by atoms with Crippen LogP contribution in [0.4, 0.5) is 0 Å². The average molecular weight is 226 g/mol. The third-order valence-corrected chi connectivity index (χ3v) is 2.59. The van der Waals surface area contributed by atoms with Crippen LogP contribution in [0.3, 0.4) is 0 Å². The van der Waals surface area contributed by atoms with Crippen LogP contribution >= 0.6 is 11.6 Å². The van der Waals surface area contributed by atoms with Crippen molar-refractivity contribution in [3.8, 4) is 17.6 Å². The second-order valence-corrected chi connectivity index (χ2v) is 3.43. The fraction of sp³-hybridized carbons (Fsp3) is 0.364. The van der Waals surface area contributed by atoms with E-state index in [9.17, 15) is 0 Å². The topological polar surface area (TPSA) is 42.2 Å². The molecule has 3 nitrogen and oxygen atoms in total. The number of nitriles is 1. The molecule has 0 saturated carbocycles. The highest BCUT2D eigenvalue weighted by Crippen LogP contribution is 2.39. The lowest BCUT2D eigenvalue weighted by Gasteiger charge is -2.13. The minimum atomic E-state index is 0.269. The molecule has 0 aromatic heterocycles. The summed E-state index contributed by atoms with van der Waals surface area (Å²) in [7, 11) is 3.08. The van der Waals surface area contributed by atoms with Crippen LogP contribution < -0.4 is 9.47 Å². The van der Waals surface area contributed by atoms with Gasteiger partial charge >= 0.3 is 0 Å². The van der Waals surface area contributed by atoms with Crippen molar-refractivity contribution in [1.29, 1.82) is 5.26 Å². The molecule has 1 aromatic rings. The van der Waals surface area contributed by atoms with E-state index in [0.29, 0.717) is 16.5 Å². The summed E-state index contributed by atoms with van der Waals surface area (Å²) in [6, 6.07) is 3.89. The SMILES string of the molecule is COc1cc(C)c(CC#N)c(Cl)c1OC. The molecule has 0 aliphatic carbocycles. The quantitative estimate of drug-likeness (QED) is 0.794. The Balaban J connectivity index is 3.39. The van der Waals surface area contributed by atoms with Gasteiger partial charge in [-0.2, -0.15) is 5.26 Å². The van der Waals surface area contributed by atoms with Crippen molar-refractivity contribution in [2.45, 2.75) is 13.3 Å². The molecule has 4 heteroatoms. The lowest BCUT2D eigenvalue weighted by molar-refractivity contribution is 0.354. The summed E-state index contributed by atoms with van der Waals surface area (Å²) < 4.78 is 10.3. The van der Waals surface area contributed by atoms with E-state index in [1.807, 2.05) is 13.0 Å². The molecule has 0 aliphatic heterocycles. The molecule has 0 heterocycles. The van der Waals surface area contributed by atoms with Gasteiger partial charge in [0.05, 0.1) is 31.7 Å². The minimum absolute atomic E-state index is 0.269. The second kappa shape index (κ2) is 4.90. The monoisotopic (exact) mass is 225 g/mol. The second-order valence-electron chi connectivity index (χ2n) is 3.06. The zero-order valence-corrected chi connectivity index (χ0v) is 9.68. The van der Waals surface area contributed by atoms with E-state index >= 15 is 0 Å². The standard InChI is InChI=1S/C11H12ClNO2/c1-7-6-9(14-2)11(15-3)10(12)8(7)4-5-13/h6H,4H2,1-3H3. The molecule has 0 amide bonds. The van der Waals surface area contributed by atoms with Crippen molar-refractivity contribution < 1.29 is 9.47 Å². The molecule has 0 unspecified atom stereocenters. The van der Waals surface area contributed by atoms with E-state index in [1.165, 1.54) is 7.11 Å². The van der Waals surface area contributed by atoms with Crippen LogP contribution in [0.15, 0.2) is 6.07 Å². The number of benzene rings is 1. The summed E-state index contributed by atoms with van der Waals surface area (Å²) in [4.78, 5) is 0. The maximum Gasteiger partial charge on any atom is 0.179 e. The number of ether oxygens (including phenoxy) is 2. The summed E-state index contributed by atoms with van der Waals surface area (Å²) >= 11 is 6.12. The lowest BCUT2D eigenvalue weighted by Crippen LogP contribution is -1.97. The zero-order chi connectivity index (χ0) is 11.4. The Labute approximate surface area is 94.2 Å². The van der Waals surface area contributed by atoms with E-state index in [0.717, 1.165) is 11.1 Å². The number of halogens is 1. The van der Waals surface area contributed by atoms with Crippen LogP contribution in [0.5, 0.6) is 11.5 Å². The predicted molar refractivity (Wildman–Crippen MR) is 58.6 cm³/mol. The molecule has 0 saturated heterocycles. The Bertz CT molecular complexity index is 410. The third-order valence-electron chi connectivity index (χ3n) is 2.19. The fourth-order valence-corrected chi connectivity index (χ4v) is 1.79. The Morgan fingerprint density at radius 3 is 2.53 bits per heavy atom. The molecule has 1 aromatic carbocycles. The van der Waals surface area contributed by atoms with Crippen molar-refractivity contribution in [2.24, 2.45) is 0 Å². The van der Waals surface area contributed by atoms with Gasteiger partial charge in [0, 0.05) is 0 Å². The first-order valence-electron chi connectivity index (χ1n) is 4.42. The van der Waals surface area contributed by atoms with Gasteiger partial charge < -0.3 is 9.47 Å². The highest BCUT2D eigenvalue weighted by atomic mass is 35.5. The van der Waals surface area contributed by atoms with Crippen LogP contribution in [-0.4, -0.2) is 14.2 Å². The third kappa shape index (κ3) is 2.16. The largest absolute Gasteiger partial charge is 0.493 e. The zero-order valence-electron chi connectivity index (χ0n) is 8.93. The smallest absolute Gasteiger partial charge is 0.179 e. The summed E-state index contributed by atoms with van der Waals surface area (Å²) in [5.74, 6) is 1.07. The van der Waals surface area contributed by atoms with Gasteiger partial charge in [0.1, 0.15) is 0 Å². The van der Waals surface area contributed by atoms with E-state index in [1.54, 1.807) is 7.11 Å². The normalized spacial score (nSPS) is 9.53. The first-order valence-corrected chi connectivity index (χ1v) is 4.80. The van der Waals surface area contributed by atoms with Gasteiger partial charge in [0.2, 0.25) is 0 Å². The van der Waals surface area contributed by atoms with E-state index in [4.69, 9.17) is 26.3 Å². The molecule has 0 radical (unpaired) electrons. The number of rotatable bonds is 3. The van der Waals surface area contributed by atoms with E-state index in [2.05, 4.69) is 6.07 Å². The molecule has 0 fully saturated rings. The number of hydrogen-bond donors (Lipinski definition) is 0. The first-order chi connectivity index (χ1) is 7.15. The molecule has 0 aliphatic rings. The van der Waals surface area contributed by atoms with Crippen molar-refractivity contribution >= 4 is 11.6 Å². The highest BCUT2D eigenvalue weighted by Gasteiger charge is 2.15. The van der Waals surface area contributed by atoms with E-state index in [-0.39, 0.29) is 6.42 Å².